The van der Waals surface area contributed by atoms with Crippen molar-refractivity contribution in [3.63, 3.8) is 0 Å². The zero-order valence-electron chi connectivity index (χ0n) is 14.4. The van der Waals surface area contributed by atoms with E-state index in [1.807, 2.05) is 0 Å². The van der Waals surface area contributed by atoms with Crippen LogP contribution in [0.4, 0.5) is 5.69 Å². The molecule has 7 nitrogen and oxygen atoms in total. The van der Waals surface area contributed by atoms with Crippen molar-refractivity contribution in [2.45, 2.75) is 20.8 Å². The van der Waals surface area contributed by atoms with Gasteiger partial charge in [0.15, 0.2) is 5.78 Å². The van der Waals surface area contributed by atoms with E-state index in [0.717, 1.165) is 0 Å². The molecule has 0 aliphatic heterocycles. The zero-order valence-corrected chi connectivity index (χ0v) is 14.4. The van der Waals surface area contributed by atoms with Crippen molar-refractivity contribution in [3.8, 4) is 0 Å². The third-order valence-electron chi connectivity index (χ3n) is 3.74. The van der Waals surface area contributed by atoms with E-state index in [1.165, 1.54) is 0 Å². The molecule has 0 spiro atoms. The normalized spacial score (nSPS) is 10.4. The predicted molar refractivity (Wildman–Crippen MR) is 93.8 cm³/mol. The lowest BCUT2D eigenvalue weighted by molar-refractivity contribution is -0.114. The Labute approximate surface area is 145 Å². The Hall–Kier alpha value is -2.93. The van der Waals surface area contributed by atoms with E-state index in [2.05, 4.69) is 10.3 Å². The second-order valence-corrected chi connectivity index (χ2v) is 5.51. The van der Waals surface area contributed by atoms with Crippen LogP contribution in [0, 0.1) is 13.8 Å². The van der Waals surface area contributed by atoms with E-state index in [1.54, 1.807) is 45.0 Å². The molecule has 0 unspecified atom stereocenters. The Kier molecular flexibility index (Phi) is 5.71. The van der Waals surface area contributed by atoms with E-state index in [4.69, 9.17) is 10.5 Å². The molecule has 0 saturated heterocycles. The van der Waals surface area contributed by atoms with E-state index in [0.29, 0.717) is 28.1 Å². The highest BCUT2D eigenvalue weighted by Gasteiger charge is 2.23. The number of esters is 1. The monoisotopic (exact) mass is 343 g/mol. The molecule has 1 aromatic carbocycles. The Morgan fingerprint density at radius 3 is 2.60 bits per heavy atom. The highest BCUT2D eigenvalue weighted by molar-refractivity contribution is 6.12. The second kappa shape index (κ2) is 7.76. The van der Waals surface area contributed by atoms with Crippen LogP contribution >= 0.6 is 0 Å². The molecule has 0 bridgehead atoms. The molecule has 132 valence electrons. The quantitative estimate of drug-likeness (QED) is 0.548. The van der Waals surface area contributed by atoms with E-state index in [-0.39, 0.29) is 30.5 Å². The highest BCUT2D eigenvalue weighted by atomic mass is 16.5. The van der Waals surface area contributed by atoms with Crippen LogP contribution in [0.15, 0.2) is 24.3 Å². The van der Waals surface area contributed by atoms with Crippen LogP contribution < -0.4 is 11.1 Å². The van der Waals surface area contributed by atoms with Crippen molar-refractivity contribution < 1.29 is 19.1 Å². The number of aryl methyl sites for hydroxylation is 1. The summed E-state index contributed by atoms with van der Waals surface area (Å²) in [5.41, 5.74) is 7.98. The van der Waals surface area contributed by atoms with Gasteiger partial charge in [-0.3, -0.25) is 9.59 Å². The number of aromatic amines is 1. The van der Waals surface area contributed by atoms with Crippen molar-refractivity contribution >= 4 is 23.3 Å². The van der Waals surface area contributed by atoms with E-state index in [9.17, 15) is 14.4 Å². The van der Waals surface area contributed by atoms with Crippen LogP contribution in [0.1, 0.15) is 44.6 Å². The van der Waals surface area contributed by atoms with Gasteiger partial charge in [-0.2, -0.15) is 0 Å². The molecule has 0 radical (unpaired) electrons. The van der Waals surface area contributed by atoms with Gasteiger partial charge in [0.05, 0.1) is 13.2 Å². The highest BCUT2D eigenvalue weighted by Crippen LogP contribution is 2.23. The lowest BCUT2D eigenvalue weighted by Gasteiger charge is -2.07. The maximum atomic E-state index is 12.9. The van der Waals surface area contributed by atoms with Gasteiger partial charge in [-0.1, -0.05) is 12.1 Å². The molecule has 0 aliphatic carbocycles. The summed E-state index contributed by atoms with van der Waals surface area (Å²) in [6.07, 6.45) is 0. The molecule has 25 heavy (non-hydrogen) atoms. The molecule has 1 amide bonds. The lowest BCUT2D eigenvalue weighted by Crippen LogP contribution is -2.21. The van der Waals surface area contributed by atoms with Crippen molar-refractivity contribution in [2.75, 3.05) is 18.5 Å². The van der Waals surface area contributed by atoms with Crippen LogP contribution in [-0.2, 0) is 9.53 Å². The number of ketones is 1. The predicted octanol–water partition coefficient (Wildman–Crippen LogP) is 1.94. The number of carbonyl (C=O) groups excluding carboxylic acids is 3. The van der Waals surface area contributed by atoms with Gasteiger partial charge in [0.25, 0.3) is 0 Å². The fourth-order valence-electron chi connectivity index (χ4n) is 2.59. The van der Waals surface area contributed by atoms with Gasteiger partial charge in [-0.05, 0) is 38.5 Å². The Bertz CT molecular complexity index is 824. The molecule has 4 N–H and O–H groups in total. The minimum Gasteiger partial charge on any atom is -0.461 e. The molecule has 1 aromatic heterocycles. The van der Waals surface area contributed by atoms with Gasteiger partial charge in [0.2, 0.25) is 5.91 Å². The number of ether oxygens (including phenoxy) is 1. The van der Waals surface area contributed by atoms with Gasteiger partial charge in [-0.15, -0.1) is 0 Å². The number of anilines is 1. The summed E-state index contributed by atoms with van der Waals surface area (Å²) in [6, 6.07) is 6.57. The van der Waals surface area contributed by atoms with Crippen LogP contribution in [-0.4, -0.2) is 35.8 Å². The molecular formula is C18H21N3O4. The van der Waals surface area contributed by atoms with Gasteiger partial charge in [0.1, 0.15) is 5.69 Å². The van der Waals surface area contributed by atoms with Gasteiger partial charge in [-0.25, -0.2) is 4.79 Å². The van der Waals surface area contributed by atoms with Crippen molar-refractivity contribution in [1.82, 2.24) is 4.98 Å². The summed E-state index contributed by atoms with van der Waals surface area (Å²) in [5.74, 6) is -1.08. The fourth-order valence-corrected chi connectivity index (χ4v) is 2.59. The maximum Gasteiger partial charge on any atom is 0.355 e. The first kappa shape index (κ1) is 18.4. The Morgan fingerprint density at radius 2 is 1.96 bits per heavy atom. The number of hydrogen-bond donors (Lipinski definition) is 3. The zero-order chi connectivity index (χ0) is 18.6. The standard InChI is InChI=1S/C18H21N3O4/c1-4-25-18(24)16-10(2)15(11(3)20-16)17(23)12-6-5-7-13(8-12)21-14(22)9-19/h5-8,20H,4,9,19H2,1-3H3,(H,21,22). The molecule has 7 heteroatoms. The number of H-pyrrole nitrogens is 1. The molecular weight excluding hydrogens is 322 g/mol. The minimum atomic E-state index is -0.494. The number of hydrogen-bond acceptors (Lipinski definition) is 5. The summed E-state index contributed by atoms with van der Waals surface area (Å²) in [4.78, 5) is 39.2. The molecule has 0 saturated carbocycles. The first-order valence-corrected chi connectivity index (χ1v) is 7.90. The fraction of sp³-hybridized carbons (Fsp3) is 0.278. The molecule has 0 fully saturated rings. The van der Waals surface area contributed by atoms with Crippen LogP contribution in [0.2, 0.25) is 0 Å². The Morgan fingerprint density at radius 1 is 1.24 bits per heavy atom. The largest absolute Gasteiger partial charge is 0.461 e. The van der Waals surface area contributed by atoms with E-state index < -0.39 is 5.97 Å². The third-order valence-corrected chi connectivity index (χ3v) is 3.74. The average Bonchev–Trinajstić information content (AvgIpc) is 2.89. The number of nitrogens with one attached hydrogen (secondary N) is 2. The summed E-state index contributed by atoms with van der Waals surface area (Å²) in [6.45, 7) is 5.25. The average molecular weight is 343 g/mol. The number of aromatic nitrogens is 1. The van der Waals surface area contributed by atoms with Crippen LogP contribution in [0.25, 0.3) is 0 Å². The number of nitrogens with two attached hydrogens (primary N) is 1. The number of amides is 1. The van der Waals surface area contributed by atoms with Gasteiger partial charge >= 0.3 is 5.97 Å². The number of carbonyl (C=O) groups is 3. The minimum absolute atomic E-state index is 0.142. The maximum absolute atomic E-state index is 12.9. The topological polar surface area (TPSA) is 114 Å². The summed E-state index contributed by atoms with van der Waals surface area (Å²) >= 11 is 0. The first-order valence-electron chi connectivity index (χ1n) is 7.90. The second-order valence-electron chi connectivity index (χ2n) is 5.51. The lowest BCUT2D eigenvalue weighted by atomic mass is 9.99. The summed E-state index contributed by atoms with van der Waals surface area (Å²) < 4.78 is 5.00. The smallest absolute Gasteiger partial charge is 0.355 e. The van der Waals surface area contributed by atoms with Crippen molar-refractivity contribution in [2.24, 2.45) is 5.73 Å². The molecule has 0 aliphatic rings. The van der Waals surface area contributed by atoms with Crippen LogP contribution in [0.3, 0.4) is 0 Å². The van der Waals surface area contributed by atoms with Gasteiger partial charge in [0, 0.05) is 22.5 Å². The summed E-state index contributed by atoms with van der Waals surface area (Å²) in [5, 5.41) is 2.61. The Balaban J connectivity index is 2.37. The van der Waals surface area contributed by atoms with Crippen molar-refractivity contribution in [3.05, 3.63) is 52.3 Å². The van der Waals surface area contributed by atoms with Gasteiger partial charge < -0.3 is 20.8 Å². The molecule has 2 aromatic rings. The third kappa shape index (κ3) is 3.95. The summed E-state index contributed by atoms with van der Waals surface area (Å²) in [7, 11) is 0. The first-order chi connectivity index (χ1) is 11.9. The molecule has 2 rings (SSSR count). The molecule has 0 atom stereocenters. The number of rotatable bonds is 6. The van der Waals surface area contributed by atoms with E-state index >= 15 is 0 Å². The van der Waals surface area contributed by atoms with Crippen LogP contribution in [0.5, 0.6) is 0 Å². The molecule has 1 heterocycles. The number of benzene rings is 1. The van der Waals surface area contributed by atoms with Crippen molar-refractivity contribution in [1.29, 1.82) is 0 Å². The SMILES string of the molecule is CCOC(=O)c1[nH]c(C)c(C(=O)c2cccc(NC(=O)CN)c2)c1C.